The van der Waals surface area contributed by atoms with Gasteiger partial charge in [0.15, 0.2) is 5.96 Å². The van der Waals surface area contributed by atoms with Gasteiger partial charge in [-0.15, -0.1) is 0 Å². The lowest BCUT2D eigenvalue weighted by Gasteiger charge is -2.12. The molecule has 0 bridgehead atoms. The van der Waals surface area contributed by atoms with Crippen molar-refractivity contribution in [2.24, 2.45) is 4.99 Å². The molecule has 0 radical (unpaired) electrons. The average molecular weight is 377 g/mol. The summed E-state index contributed by atoms with van der Waals surface area (Å²) in [6.07, 6.45) is 3.71. The molecule has 2 N–H and O–H groups in total. The van der Waals surface area contributed by atoms with E-state index < -0.39 is 0 Å². The van der Waals surface area contributed by atoms with Gasteiger partial charge in [0.1, 0.15) is 0 Å². The monoisotopic (exact) mass is 377 g/mol. The van der Waals surface area contributed by atoms with E-state index in [2.05, 4.69) is 51.9 Å². The number of hydrogen-bond acceptors (Lipinski definition) is 3. The van der Waals surface area contributed by atoms with Crippen LogP contribution in [0, 0.1) is 0 Å². The molecule has 0 saturated carbocycles. The number of guanidine groups is 1. The fourth-order valence-electron chi connectivity index (χ4n) is 2.74. The predicted molar refractivity (Wildman–Crippen MR) is 112 cm³/mol. The first kappa shape index (κ1) is 19.6. The summed E-state index contributed by atoms with van der Waals surface area (Å²) in [5.74, 6) is 0.787. The van der Waals surface area contributed by atoms with Crippen LogP contribution in [0.2, 0.25) is 0 Å². The van der Waals surface area contributed by atoms with Gasteiger partial charge in [0.05, 0.1) is 25.4 Å². The molecule has 146 valence electrons. The fraction of sp³-hybridized carbons (Fsp3) is 0.273. The largest absolute Gasteiger partial charge is 0.375 e. The van der Waals surface area contributed by atoms with Crippen LogP contribution in [0.25, 0.3) is 5.69 Å². The van der Waals surface area contributed by atoms with Crippen LogP contribution in [-0.4, -0.2) is 35.4 Å². The number of aromatic nitrogens is 2. The molecule has 0 unspecified atom stereocenters. The Kier molecular flexibility index (Phi) is 7.64. The number of nitrogens with zero attached hydrogens (tertiary/aromatic N) is 3. The van der Waals surface area contributed by atoms with Crippen molar-refractivity contribution in [1.29, 1.82) is 0 Å². The Morgan fingerprint density at radius 3 is 2.68 bits per heavy atom. The average Bonchev–Trinajstić information content (AvgIpc) is 3.28. The number of hydrogen-bond donors (Lipinski definition) is 2. The van der Waals surface area contributed by atoms with Gasteiger partial charge in [0, 0.05) is 25.5 Å². The highest BCUT2D eigenvalue weighted by Crippen LogP contribution is 2.10. The van der Waals surface area contributed by atoms with E-state index in [4.69, 9.17) is 4.74 Å². The predicted octanol–water partition coefficient (Wildman–Crippen LogP) is 3.14. The van der Waals surface area contributed by atoms with Crippen LogP contribution in [0.4, 0.5) is 0 Å². The highest BCUT2D eigenvalue weighted by atomic mass is 16.5. The van der Waals surface area contributed by atoms with Gasteiger partial charge in [-0.1, -0.05) is 42.5 Å². The number of rotatable bonds is 9. The SMILES string of the molecule is CCNC(=NCc1cccc(-n2cccn2)c1)NCCOCc1ccccc1. The second-order valence-electron chi connectivity index (χ2n) is 6.28. The van der Waals surface area contributed by atoms with Crippen molar-refractivity contribution in [3.05, 3.63) is 84.2 Å². The van der Waals surface area contributed by atoms with Crippen molar-refractivity contribution in [3.8, 4) is 5.69 Å². The number of nitrogens with one attached hydrogen (secondary N) is 2. The molecule has 3 rings (SSSR count). The summed E-state index contributed by atoms with van der Waals surface area (Å²) >= 11 is 0. The molecule has 2 aromatic carbocycles. The molecule has 0 saturated heterocycles. The normalized spacial score (nSPS) is 11.4. The van der Waals surface area contributed by atoms with Gasteiger partial charge in [-0.2, -0.15) is 5.10 Å². The maximum atomic E-state index is 5.71. The van der Waals surface area contributed by atoms with Crippen LogP contribution in [0.1, 0.15) is 18.1 Å². The Bertz CT molecular complexity index is 846. The minimum Gasteiger partial charge on any atom is -0.375 e. The first-order valence-corrected chi connectivity index (χ1v) is 9.58. The lowest BCUT2D eigenvalue weighted by Crippen LogP contribution is -2.38. The van der Waals surface area contributed by atoms with Gasteiger partial charge in [0.25, 0.3) is 0 Å². The summed E-state index contributed by atoms with van der Waals surface area (Å²) in [4.78, 5) is 4.67. The van der Waals surface area contributed by atoms with Crippen LogP contribution in [-0.2, 0) is 17.9 Å². The molecule has 6 heteroatoms. The first-order valence-electron chi connectivity index (χ1n) is 9.58. The topological polar surface area (TPSA) is 63.5 Å². The van der Waals surface area contributed by atoms with E-state index in [-0.39, 0.29) is 0 Å². The van der Waals surface area contributed by atoms with E-state index in [1.807, 2.05) is 47.3 Å². The van der Waals surface area contributed by atoms with Gasteiger partial charge >= 0.3 is 0 Å². The minimum atomic E-state index is 0.593. The number of benzene rings is 2. The minimum absolute atomic E-state index is 0.593. The highest BCUT2D eigenvalue weighted by molar-refractivity contribution is 5.79. The lowest BCUT2D eigenvalue weighted by molar-refractivity contribution is 0.125. The maximum absolute atomic E-state index is 5.71. The molecule has 0 aliphatic heterocycles. The summed E-state index contributed by atoms with van der Waals surface area (Å²) in [5.41, 5.74) is 3.34. The van der Waals surface area contributed by atoms with Crippen LogP contribution in [0.15, 0.2) is 78.0 Å². The van der Waals surface area contributed by atoms with Crippen molar-refractivity contribution in [3.63, 3.8) is 0 Å². The summed E-state index contributed by atoms with van der Waals surface area (Å²) < 4.78 is 7.56. The summed E-state index contributed by atoms with van der Waals surface area (Å²) in [6.45, 7) is 5.40. The number of aliphatic imine (C=N–C) groups is 1. The van der Waals surface area contributed by atoms with E-state index in [9.17, 15) is 0 Å². The Labute approximate surface area is 166 Å². The van der Waals surface area contributed by atoms with E-state index in [1.54, 1.807) is 6.20 Å². The standard InChI is InChI=1S/C22H27N5O/c1-2-23-22(24-13-15-28-18-19-8-4-3-5-9-19)25-17-20-10-6-11-21(16-20)27-14-7-12-26-27/h3-12,14,16H,2,13,15,17-18H2,1H3,(H2,23,24,25). The molecule has 0 aliphatic rings. The number of ether oxygens (including phenoxy) is 1. The summed E-state index contributed by atoms with van der Waals surface area (Å²) in [6, 6.07) is 20.3. The summed E-state index contributed by atoms with van der Waals surface area (Å²) in [7, 11) is 0. The van der Waals surface area contributed by atoms with E-state index in [0.717, 1.165) is 23.8 Å². The molecule has 0 fully saturated rings. The molecule has 1 heterocycles. The zero-order valence-corrected chi connectivity index (χ0v) is 16.2. The van der Waals surface area contributed by atoms with Crippen molar-refractivity contribution in [1.82, 2.24) is 20.4 Å². The van der Waals surface area contributed by atoms with Gasteiger partial charge in [0.2, 0.25) is 0 Å². The second kappa shape index (κ2) is 10.9. The molecular weight excluding hydrogens is 350 g/mol. The maximum Gasteiger partial charge on any atom is 0.191 e. The van der Waals surface area contributed by atoms with Crippen molar-refractivity contribution < 1.29 is 4.74 Å². The van der Waals surface area contributed by atoms with Crippen LogP contribution < -0.4 is 10.6 Å². The van der Waals surface area contributed by atoms with Crippen molar-refractivity contribution in [2.75, 3.05) is 19.7 Å². The Hall–Kier alpha value is -3.12. The van der Waals surface area contributed by atoms with Gasteiger partial charge in [-0.05, 0) is 36.2 Å². The fourth-order valence-corrected chi connectivity index (χ4v) is 2.74. The smallest absolute Gasteiger partial charge is 0.191 e. The third kappa shape index (κ3) is 6.25. The van der Waals surface area contributed by atoms with Crippen LogP contribution in [0.5, 0.6) is 0 Å². The summed E-state index contributed by atoms with van der Waals surface area (Å²) in [5, 5.41) is 10.9. The molecule has 1 aromatic heterocycles. The molecular formula is C22H27N5O. The molecule has 0 atom stereocenters. The zero-order valence-electron chi connectivity index (χ0n) is 16.2. The van der Waals surface area contributed by atoms with E-state index in [0.29, 0.717) is 26.3 Å². The quantitative estimate of drug-likeness (QED) is 0.342. The lowest BCUT2D eigenvalue weighted by atomic mass is 10.2. The molecule has 3 aromatic rings. The third-order valence-corrected chi connectivity index (χ3v) is 4.09. The highest BCUT2D eigenvalue weighted by Gasteiger charge is 2.01. The van der Waals surface area contributed by atoms with Gasteiger partial charge in [-0.3, -0.25) is 0 Å². The molecule has 6 nitrogen and oxygen atoms in total. The Balaban J connectivity index is 1.48. The Morgan fingerprint density at radius 1 is 1.04 bits per heavy atom. The van der Waals surface area contributed by atoms with Crippen LogP contribution in [0.3, 0.4) is 0 Å². The zero-order chi connectivity index (χ0) is 19.4. The third-order valence-electron chi connectivity index (χ3n) is 4.09. The Morgan fingerprint density at radius 2 is 1.89 bits per heavy atom. The molecule has 0 aliphatic carbocycles. The van der Waals surface area contributed by atoms with Crippen molar-refractivity contribution in [2.45, 2.75) is 20.1 Å². The molecule has 0 spiro atoms. The first-order chi connectivity index (χ1) is 13.8. The molecule has 28 heavy (non-hydrogen) atoms. The van der Waals surface area contributed by atoms with Gasteiger partial charge in [-0.25, -0.2) is 9.67 Å². The van der Waals surface area contributed by atoms with E-state index >= 15 is 0 Å². The van der Waals surface area contributed by atoms with Crippen LogP contribution >= 0.6 is 0 Å². The van der Waals surface area contributed by atoms with E-state index in [1.165, 1.54) is 5.56 Å². The molecule has 0 amide bonds. The van der Waals surface area contributed by atoms with Gasteiger partial charge < -0.3 is 15.4 Å². The van der Waals surface area contributed by atoms with Crippen molar-refractivity contribution >= 4 is 5.96 Å². The second-order valence-corrected chi connectivity index (χ2v) is 6.28.